The molecule has 9 heteroatoms. The number of hydrogen-bond acceptors (Lipinski definition) is 6. The van der Waals surface area contributed by atoms with E-state index in [0.717, 1.165) is 38.0 Å². The number of nitrogens with zero attached hydrogens (tertiary/aromatic N) is 3. The molecule has 0 unspecified atom stereocenters. The summed E-state index contributed by atoms with van der Waals surface area (Å²) in [4.78, 5) is 43.6. The summed E-state index contributed by atoms with van der Waals surface area (Å²) in [5.74, 6) is -0.100. The highest BCUT2D eigenvalue weighted by molar-refractivity contribution is 6.11. The normalized spacial score (nSPS) is 19.7. The number of amides is 4. The summed E-state index contributed by atoms with van der Waals surface area (Å²) in [5.41, 5.74) is 1.47. The topological polar surface area (TPSA) is 115 Å². The highest BCUT2D eigenvalue weighted by Crippen LogP contribution is 2.22. The smallest absolute Gasteiger partial charge is 0.330 e. The van der Waals surface area contributed by atoms with Gasteiger partial charge >= 0.3 is 6.03 Å². The second-order valence-electron chi connectivity index (χ2n) is 7.75. The first-order chi connectivity index (χ1) is 14.4. The summed E-state index contributed by atoms with van der Waals surface area (Å²) < 4.78 is 0. The number of aliphatic hydroxyl groups excluding tert-OH is 1. The molecule has 0 bridgehead atoms. The number of rotatable bonds is 7. The van der Waals surface area contributed by atoms with Gasteiger partial charge in [-0.15, -0.1) is 0 Å². The van der Waals surface area contributed by atoms with Gasteiger partial charge in [0, 0.05) is 31.4 Å². The lowest BCUT2D eigenvalue weighted by atomic mass is 10.0. The SMILES string of the molecule is C/C=C(\C)C(=O)N[C@H](CCN1CCC(O)CC1)c1ccc(N2CC(=O)NC2=O)nc1. The first-order valence-corrected chi connectivity index (χ1v) is 10.3. The van der Waals surface area contributed by atoms with Crippen molar-refractivity contribution in [3.63, 3.8) is 0 Å². The molecule has 1 aromatic rings. The zero-order chi connectivity index (χ0) is 21.7. The maximum absolute atomic E-state index is 12.5. The maximum Gasteiger partial charge on any atom is 0.330 e. The van der Waals surface area contributed by atoms with E-state index in [1.165, 1.54) is 4.90 Å². The number of aromatic nitrogens is 1. The Bertz CT molecular complexity index is 815. The molecule has 0 aliphatic carbocycles. The third-order valence-corrected chi connectivity index (χ3v) is 5.63. The van der Waals surface area contributed by atoms with E-state index in [2.05, 4.69) is 20.5 Å². The van der Waals surface area contributed by atoms with Crippen LogP contribution in [0.5, 0.6) is 0 Å². The third kappa shape index (κ3) is 5.43. The molecule has 3 heterocycles. The van der Waals surface area contributed by atoms with E-state index < -0.39 is 6.03 Å². The minimum absolute atomic E-state index is 0.0490. The Hall–Kier alpha value is -2.78. The number of pyridine rings is 1. The molecule has 2 aliphatic heterocycles. The maximum atomic E-state index is 12.5. The van der Waals surface area contributed by atoms with Crippen LogP contribution in [-0.2, 0) is 9.59 Å². The number of nitrogens with one attached hydrogen (secondary N) is 2. The van der Waals surface area contributed by atoms with Gasteiger partial charge in [0.2, 0.25) is 11.8 Å². The molecule has 1 aromatic heterocycles. The molecule has 9 nitrogen and oxygen atoms in total. The van der Waals surface area contributed by atoms with E-state index in [-0.39, 0.29) is 30.5 Å². The number of allylic oxidation sites excluding steroid dienone is 1. The third-order valence-electron chi connectivity index (χ3n) is 5.63. The van der Waals surface area contributed by atoms with Crippen LogP contribution >= 0.6 is 0 Å². The molecular formula is C21H29N5O4. The second kappa shape index (κ2) is 9.82. The second-order valence-corrected chi connectivity index (χ2v) is 7.75. The largest absolute Gasteiger partial charge is 0.393 e. The van der Waals surface area contributed by atoms with Gasteiger partial charge in [0.05, 0.1) is 12.1 Å². The fourth-order valence-corrected chi connectivity index (χ4v) is 3.57. The zero-order valence-electron chi connectivity index (χ0n) is 17.4. The summed E-state index contributed by atoms with van der Waals surface area (Å²) in [7, 11) is 0. The molecule has 3 N–H and O–H groups in total. The van der Waals surface area contributed by atoms with Crippen LogP contribution in [0.2, 0.25) is 0 Å². The number of carbonyl (C=O) groups excluding carboxylic acids is 3. The lowest BCUT2D eigenvalue weighted by Crippen LogP contribution is -2.38. The zero-order valence-corrected chi connectivity index (χ0v) is 17.4. The van der Waals surface area contributed by atoms with Crippen LogP contribution in [0, 0.1) is 0 Å². The molecule has 0 spiro atoms. The van der Waals surface area contributed by atoms with E-state index in [9.17, 15) is 19.5 Å². The van der Waals surface area contributed by atoms with Crippen LogP contribution < -0.4 is 15.5 Å². The molecule has 0 radical (unpaired) electrons. The molecule has 2 aliphatic rings. The fourth-order valence-electron chi connectivity index (χ4n) is 3.57. The number of imide groups is 1. The number of urea groups is 1. The minimum Gasteiger partial charge on any atom is -0.393 e. The molecule has 0 aromatic carbocycles. The van der Waals surface area contributed by atoms with Crippen molar-refractivity contribution in [1.82, 2.24) is 20.5 Å². The van der Waals surface area contributed by atoms with Gasteiger partial charge in [-0.1, -0.05) is 12.1 Å². The first kappa shape index (κ1) is 21.9. The first-order valence-electron chi connectivity index (χ1n) is 10.3. The highest BCUT2D eigenvalue weighted by atomic mass is 16.3. The van der Waals surface area contributed by atoms with Gasteiger partial charge in [0.15, 0.2) is 0 Å². The summed E-state index contributed by atoms with van der Waals surface area (Å²) in [6, 6.07) is 2.79. The van der Waals surface area contributed by atoms with E-state index in [1.807, 2.05) is 13.0 Å². The van der Waals surface area contributed by atoms with Crippen LogP contribution in [0.25, 0.3) is 0 Å². The van der Waals surface area contributed by atoms with Crippen molar-refractivity contribution in [2.75, 3.05) is 31.1 Å². The van der Waals surface area contributed by atoms with E-state index in [1.54, 1.807) is 25.3 Å². The van der Waals surface area contributed by atoms with Crippen molar-refractivity contribution >= 4 is 23.7 Å². The summed E-state index contributed by atoms with van der Waals surface area (Å²) in [5, 5.41) is 15.0. The van der Waals surface area contributed by atoms with Gasteiger partial charge in [-0.3, -0.25) is 19.8 Å². The molecule has 0 saturated carbocycles. The summed E-state index contributed by atoms with van der Waals surface area (Å²) in [6.45, 7) is 6.00. The molecule has 30 heavy (non-hydrogen) atoms. The average molecular weight is 415 g/mol. The van der Waals surface area contributed by atoms with Crippen LogP contribution in [-0.4, -0.2) is 65.1 Å². The van der Waals surface area contributed by atoms with Gasteiger partial charge < -0.3 is 15.3 Å². The fraction of sp³-hybridized carbons (Fsp3) is 0.524. The molecule has 162 valence electrons. The predicted octanol–water partition coefficient (Wildman–Crippen LogP) is 1.11. The Labute approximate surface area is 176 Å². The number of anilines is 1. The van der Waals surface area contributed by atoms with Crippen molar-refractivity contribution in [2.24, 2.45) is 0 Å². The lowest BCUT2D eigenvalue weighted by molar-refractivity contribution is -0.118. The van der Waals surface area contributed by atoms with E-state index in [4.69, 9.17) is 0 Å². The van der Waals surface area contributed by atoms with Crippen molar-refractivity contribution in [3.8, 4) is 0 Å². The Morgan fingerprint density at radius 3 is 2.67 bits per heavy atom. The monoisotopic (exact) mass is 415 g/mol. The van der Waals surface area contributed by atoms with Crippen LogP contribution in [0.3, 0.4) is 0 Å². The van der Waals surface area contributed by atoms with Gasteiger partial charge in [-0.05, 0) is 44.7 Å². The Balaban J connectivity index is 1.71. The average Bonchev–Trinajstić information content (AvgIpc) is 3.09. The van der Waals surface area contributed by atoms with Crippen LogP contribution in [0.1, 0.15) is 44.7 Å². The highest BCUT2D eigenvalue weighted by Gasteiger charge is 2.29. The van der Waals surface area contributed by atoms with Crippen molar-refractivity contribution in [3.05, 3.63) is 35.5 Å². The minimum atomic E-state index is -0.485. The Kier molecular flexibility index (Phi) is 7.17. The number of aliphatic hydroxyl groups is 1. The van der Waals surface area contributed by atoms with Crippen molar-refractivity contribution < 1.29 is 19.5 Å². The predicted molar refractivity (Wildman–Crippen MR) is 112 cm³/mol. The van der Waals surface area contributed by atoms with Gasteiger partial charge in [0.25, 0.3) is 0 Å². The van der Waals surface area contributed by atoms with E-state index in [0.29, 0.717) is 17.8 Å². The molecule has 2 fully saturated rings. The molecule has 1 atom stereocenters. The summed E-state index contributed by atoms with van der Waals surface area (Å²) in [6.07, 6.45) is 5.41. The lowest BCUT2D eigenvalue weighted by Gasteiger charge is -2.31. The Morgan fingerprint density at radius 2 is 2.10 bits per heavy atom. The van der Waals surface area contributed by atoms with Crippen molar-refractivity contribution in [2.45, 2.75) is 45.3 Å². The quantitative estimate of drug-likeness (QED) is 0.454. The number of carbonyl (C=O) groups is 3. The standard InChI is InChI=1S/C21H29N5O4/c1-3-14(2)20(29)23-17(8-11-25-9-6-16(27)7-10-25)15-4-5-18(22-12-15)26-13-19(28)24-21(26)30/h3-5,12,16-17,27H,6-11,13H2,1-2H3,(H,23,29)(H,24,28,30)/b14-3+/t17-/m1/s1. The molecular weight excluding hydrogens is 386 g/mol. The van der Waals surface area contributed by atoms with Crippen LogP contribution in [0.15, 0.2) is 30.0 Å². The number of piperidine rings is 1. The van der Waals surface area contributed by atoms with Gasteiger partial charge in [-0.25, -0.2) is 9.78 Å². The Morgan fingerprint density at radius 1 is 1.37 bits per heavy atom. The molecule has 4 amide bonds. The molecule has 3 rings (SSSR count). The van der Waals surface area contributed by atoms with Gasteiger partial charge in [0.1, 0.15) is 12.4 Å². The van der Waals surface area contributed by atoms with Crippen LogP contribution in [0.4, 0.5) is 10.6 Å². The number of hydrogen-bond donors (Lipinski definition) is 3. The van der Waals surface area contributed by atoms with Crippen molar-refractivity contribution in [1.29, 1.82) is 0 Å². The number of likely N-dealkylation sites (tertiary alicyclic amines) is 1. The van der Waals surface area contributed by atoms with Gasteiger partial charge in [-0.2, -0.15) is 0 Å². The molecule has 2 saturated heterocycles. The van der Waals surface area contributed by atoms with E-state index >= 15 is 0 Å². The summed E-state index contributed by atoms with van der Waals surface area (Å²) >= 11 is 0.